The van der Waals surface area contributed by atoms with Gasteiger partial charge in [0, 0.05) is 25.2 Å². The fourth-order valence-electron chi connectivity index (χ4n) is 2.09. The summed E-state index contributed by atoms with van der Waals surface area (Å²) >= 11 is 0. The minimum Gasteiger partial charge on any atom is -0.370 e. The molecule has 0 aliphatic rings. The lowest BCUT2D eigenvalue weighted by molar-refractivity contribution is -0.117. The highest BCUT2D eigenvalue weighted by atomic mass is 19.1. The van der Waals surface area contributed by atoms with Crippen LogP contribution in [0.5, 0.6) is 0 Å². The van der Waals surface area contributed by atoms with Crippen molar-refractivity contribution in [2.75, 3.05) is 11.4 Å². The minimum atomic E-state index is -0.389. The van der Waals surface area contributed by atoms with Gasteiger partial charge < -0.3 is 10.6 Å². The van der Waals surface area contributed by atoms with Crippen LogP contribution in [-0.2, 0) is 17.9 Å². The highest BCUT2D eigenvalue weighted by Crippen LogP contribution is 2.17. The first-order valence-corrected chi connectivity index (χ1v) is 7.14. The van der Waals surface area contributed by atoms with Crippen LogP contribution in [0, 0.1) is 5.82 Å². The van der Waals surface area contributed by atoms with E-state index in [4.69, 9.17) is 5.73 Å². The van der Waals surface area contributed by atoms with E-state index < -0.39 is 0 Å². The number of aryl methyl sites for hydroxylation is 1. The third kappa shape index (κ3) is 4.24. The number of primary amides is 1. The molecule has 0 saturated carbocycles. The Bertz CT molecular complexity index is 612. The predicted octanol–water partition coefficient (Wildman–Crippen LogP) is 1.10. The first-order valence-electron chi connectivity index (χ1n) is 7.14. The number of tetrazole rings is 1. The summed E-state index contributed by atoms with van der Waals surface area (Å²) in [6, 6.07) is 6.07. The highest BCUT2D eigenvalue weighted by Gasteiger charge is 2.14. The van der Waals surface area contributed by atoms with Crippen molar-refractivity contribution in [1.29, 1.82) is 0 Å². The predicted molar refractivity (Wildman–Crippen MR) is 79.4 cm³/mol. The number of hydrogen-bond donors (Lipinski definition) is 1. The van der Waals surface area contributed by atoms with Gasteiger partial charge in [-0.2, -0.15) is 0 Å². The quantitative estimate of drug-likeness (QED) is 0.789. The summed E-state index contributed by atoms with van der Waals surface area (Å²) in [5.41, 5.74) is 6.01. The van der Waals surface area contributed by atoms with Crippen molar-refractivity contribution in [3.05, 3.63) is 35.9 Å². The van der Waals surface area contributed by atoms with E-state index in [1.165, 1.54) is 12.1 Å². The number of rotatable bonds is 8. The van der Waals surface area contributed by atoms with Crippen molar-refractivity contribution in [2.45, 2.75) is 32.9 Å². The number of carbonyl (C=O) groups excluding carboxylic acids is 1. The molecule has 0 aliphatic heterocycles. The van der Waals surface area contributed by atoms with Crippen LogP contribution in [0.4, 0.5) is 10.1 Å². The maximum atomic E-state index is 13.1. The SMILES string of the molecule is CCCn1nnnc1CN(CCC(N)=O)c1ccc(F)cc1. The lowest BCUT2D eigenvalue weighted by Gasteiger charge is -2.23. The topological polar surface area (TPSA) is 89.9 Å². The summed E-state index contributed by atoms with van der Waals surface area (Å²) in [5, 5.41) is 11.6. The van der Waals surface area contributed by atoms with Gasteiger partial charge in [0.1, 0.15) is 5.82 Å². The molecule has 0 saturated heterocycles. The number of anilines is 1. The normalized spacial score (nSPS) is 10.6. The van der Waals surface area contributed by atoms with Crippen LogP contribution >= 0.6 is 0 Å². The van der Waals surface area contributed by atoms with Gasteiger partial charge in [-0.1, -0.05) is 6.92 Å². The van der Waals surface area contributed by atoms with Crippen molar-refractivity contribution in [3.8, 4) is 0 Å². The molecular weight excluding hydrogens is 287 g/mol. The average Bonchev–Trinajstić information content (AvgIpc) is 2.92. The molecule has 0 bridgehead atoms. The Balaban J connectivity index is 2.18. The zero-order valence-electron chi connectivity index (χ0n) is 12.4. The molecule has 2 N–H and O–H groups in total. The van der Waals surface area contributed by atoms with Crippen LogP contribution in [0.15, 0.2) is 24.3 Å². The molecule has 1 heterocycles. The molecule has 0 atom stereocenters. The lowest BCUT2D eigenvalue weighted by atomic mass is 10.2. The van der Waals surface area contributed by atoms with E-state index in [2.05, 4.69) is 15.5 Å². The van der Waals surface area contributed by atoms with E-state index in [9.17, 15) is 9.18 Å². The monoisotopic (exact) mass is 306 g/mol. The van der Waals surface area contributed by atoms with Crippen molar-refractivity contribution in [1.82, 2.24) is 20.2 Å². The molecular formula is C14H19FN6O. The molecule has 2 rings (SSSR count). The number of hydrogen-bond acceptors (Lipinski definition) is 5. The minimum absolute atomic E-state index is 0.201. The third-order valence-corrected chi connectivity index (χ3v) is 3.19. The van der Waals surface area contributed by atoms with Gasteiger partial charge in [0.15, 0.2) is 5.82 Å². The molecule has 2 aromatic rings. The number of aromatic nitrogens is 4. The first-order chi connectivity index (χ1) is 10.6. The summed E-state index contributed by atoms with van der Waals surface area (Å²) in [6.45, 7) is 3.59. The number of carbonyl (C=O) groups is 1. The standard InChI is InChI=1S/C14H19FN6O/c1-2-8-21-14(17-18-19-21)10-20(9-7-13(16)22)12-5-3-11(15)4-6-12/h3-6H,2,7-10H2,1H3,(H2,16,22). The zero-order valence-corrected chi connectivity index (χ0v) is 12.4. The van der Waals surface area contributed by atoms with E-state index >= 15 is 0 Å². The van der Waals surface area contributed by atoms with E-state index in [1.807, 2.05) is 11.8 Å². The largest absolute Gasteiger partial charge is 0.370 e. The van der Waals surface area contributed by atoms with Crippen molar-refractivity contribution in [3.63, 3.8) is 0 Å². The van der Waals surface area contributed by atoms with Crippen LogP contribution < -0.4 is 10.6 Å². The lowest BCUT2D eigenvalue weighted by Crippen LogP contribution is -2.29. The molecule has 0 spiro atoms. The Labute approximate surface area is 127 Å². The van der Waals surface area contributed by atoms with Crippen LogP contribution in [0.25, 0.3) is 0 Å². The van der Waals surface area contributed by atoms with Crippen LogP contribution in [-0.4, -0.2) is 32.7 Å². The van der Waals surface area contributed by atoms with Crippen molar-refractivity contribution >= 4 is 11.6 Å². The Morgan fingerprint density at radius 3 is 2.73 bits per heavy atom. The van der Waals surface area contributed by atoms with Gasteiger partial charge in [-0.25, -0.2) is 9.07 Å². The third-order valence-electron chi connectivity index (χ3n) is 3.19. The number of benzene rings is 1. The molecule has 1 aromatic heterocycles. The first kappa shape index (κ1) is 15.9. The van der Waals surface area contributed by atoms with Crippen LogP contribution in [0.1, 0.15) is 25.6 Å². The molecule has 0 radical (unpaired) electrons. The second-order valence-electron chi connectivity index (χ2n) is 4.93. The summed E-state index contributed by atoms with van der Waals surface area (Å²) in [6.07, 6.45) is 1.11. The van der Waals surface area contributed by atoms with Gasteiger partial charge >= 0.3 is 0 Å². The molecule has 0 unspecified atom stereocenters. The summed E-state index contributed by atoms with van der Waals surface area (Å²) in [7, 11) is 0. The van der Waals surface area contributed by atoms with Crippen LogP contribution in [0.3, 0.4) is 0 Å². The number of halogens is 1. The zero-order chi connectivity index (χ0) is 15.9. The summed E-state index contributed by atoms with van der Waals surface area (Å²) in [5.74, 6) is -0.00896. The molecule has 22 heavy (non-hydrogen) atoms. The fraction of sp³-hybridized carbons (Fsp3) is 0.429. The Hall–Kier alpha value is -2.51. The molecule has 7 nitrogen and oxygen atoms in total. The maximum absolute atomic E-state index is 13.1. The van der Waals surface area contributed by atoms with Gasteiger partial charge in [0.05, 0.1) is 6.54 Å². The van der Waals surface area contributed by atoms with E-state index in [1.54, 1.807) is 16.8 Å². The number of amides is 1. The maximum Gasteiger partial charge on any atom is 0.219 e. The van der Waals surface area contributed by atoms with Crippen molar-refractivity contribution in [2.24, 2.45) is 5.73 Å². The molecule has 118 valence electrons. The van der Waals surface area contributed by atoms with Gasteiger partial charge in [0.2, 0.25) is 5.91 Å². The Kier molecular flexibility index (Phi) is 5.40. The molecule has 0 aliphatic carbocycles. The van der Waals surface area contributed by atoms with E-state index in [0.29, 0.717) is 18.9 Å². The van der Waals surface area contributed by atoms with E-state index in [0.717, 1.165) is 18.7 Å². The second kappa shape index (κ2) is 7.48. The molecule has 1 amide bonds. The van der Waals surface area contributed by atoms with Crippen molar-refractivity contribution < 1.29 is 9.18 Å². The van der Waals surface area contributed by atoms with Gasteiger partial charge in [0.25, 0.3) is 0 Å². The fourth-order valence-corrected chi connectivity index (χ4v) is 2.09. The second-order valence-corrected chi connectivity index (χ2v) is 4.93. The van der Waals surface area contributed by atoms with Gasteiger partial charge in [-0.15, -0.1) is 5.10 Å². The number of nitrogens with zero attached hydrogens (tertiary/aromatic N) is 5. The summed E-state index contributed by atoms with van der Waals surface area (Å²) in [4.78, 5) is 13.0. The molecule has 8 heteroatoms. The molecule has 0 fully saturated rings. The average molecular weight is 306 g/mol. The van der Waals surface area contributed by atoms with Gasteiger partial charge in [-0.3, -0.25) is 4.79 Å². The highest BCUT2D eigenvalue weighted by molar-refractivity contribution is 5.74. The molecule has 1 aromatic carbocycles. The Morgan fingerprint density at radius 2 is 2.09 bits per heavy atom. The van der Waals surface area contributed by atoms with Gasteiger partial charge in [-0.05, 0) is 41.1 Å². The number of nitrogens with two attached hydrogens (primary N) is 1. The van der Waals surface area contributed by atoms with Crippen LogP contribution in [0.2, 0.25) is 0 Å². The summed E-state index contributed by atoms with van der Waals surface area (Å²) < 4.78 is 14.8. The smallest absolute Gasteiger partial charge is 0.219 e. The van der Waals surface area contributed by atoms with E-state index in [-0.39, 0.29) is 18.1 Å². The Morgan fingerprint density at radius 1 is 1.36 bits per heavy atom.